The SMILES string of the molecule is CCC(CC)C1CCN(C(=NC)NCCCc2nc(C)no2)C1. The van der Waals surface area contributed by atoms with Gasteiger partial charge in [0.1, 0.15) is 0 Å². The van der Waals surface area contributed by atoms with Gasteiger partial charge in [0.25, 0.3) is 0 Å². The quantitative estimate of drug-likeness (QED) is 0.475. The van der Waals surface area contributed by atoms with Crippen molar-refractivity contribution in [3.05, 3.63) is 11.7 Å². The molecule has 0 amide bonds. The topological polar surface area (TPSA) is 66.5 Å². The summed E-state index contributed by atoms with van der Waals surface area (Å²) in [6, 6.07) is 0. The molecule has 0 spiro atoms. The van der Waals surface area contributed by atoms with E-state index in [4.69, 9.17) is 4.52 Å². The van der Waals surface area contributed by atoms with Crippen molar-refractivity contribution in [1.82, 2.24) is 20.4 Å². The smallest absolute Gasteiger partial charge is 0.226 e. The summed E-state index contributed by atoms with van der Waals surface area (Å²) in [5.41, 5.74) is 0. The largest absolute Gasteiger partial charge is 0.356 e. The van der Waals surface area contributed by atoms with Gasteiger partial charge in [-0.05, 0) is 31.6 Å². The van der Waals surface area contributed by atoms with Crippen molar-refractivity contribution >= 4 is 5.96 Å². The lowest BCUT2D eigenvalue weighted by Gasteiger charge is -2.24. The first-order valence-electron chi connectivity index (χ1n) is 8.92. The van der Waals surface area contributed by atoms with E-state index >= 15 is 0 Å². The maximum atomic E-state index is 5.13. The van der Waals surface area contributed by atoms with Gasteiger partial charge in [-0.3, -0.25) is 4.99 Å². The third-order valence-electron chi connectivity index (χ3n) is 4.87. The van der Waals surface area contributed by atoms with Crippen LogP contribution in [-0.4, -0.2) is 47.7 Å². The minimum atomic E-state index is 0.702. The van der Waals surface area contributed by atoms with Gasteiger partial charge < -0.3 is 14.7 Å². The number of likely N-dealkylation sites (tertiary alicyclic amines) is 1. The lowest BCUT2D eigenvalue weighted by Crippen LogP contribution is -2.40. The first kappa shape index (κ1) is 17.8. The zero-order valence-electron chi connectivity index (χ0n) is 15.0. The van der Waals surface area contributed by atoms with Crippen LogP contribution < -0.4 is 5.32 Å². The van der Waals surface area contributed by atoms with Crippen molar-refractivity contribution in [2.45, 2.75) is 52.9 Å². The van der Waals surface area contributed by atoms with Crippen LogP contribution in [0, 0.1) is 18.8 Å². The monoisotopic (exact) mass is 321 g/mol. The van der Waals surface area contributed by atoms with E-state index in [0.29, 0.717) is 11.7 Å². The molecular weight excluding hydrogens is 290 g/mol. The normalized spacial score (nSPS) is 18.9. The van der Waals surface area contributed by atoms with E-state index in [0.717, 1.165) is 50.3 Å². The molecule has 130 valence electrons. The molecule has 0 aromatic carbocycles. The zero-order chi connectivity index (χ0) is 16.7. The fourth-order valence-corrected chi connectivity index (χ4v) is 3.53. The van der Waals surface area contributed by atoms with E-state index < -0.39 is 0 Å². The first-order chi connectivity index (χ1) is 11.2. The molecule has 2 rings (SSSR count). The Hall–Kier alpha value is -1.59. The number of hydrogen-bond donors (Lipinski definition) is 1. The Labute approximate surface area is 139 Å². The Bertz CT molecular complexity index is 495. The number of rotatable bonds is 7. The molecule has 0 aliphatic carbocycles. The number of hydrogen-bond acceptors (Lipinski definition) is 4. The van der Waals surface area contributed by atoms with Crippen LogP contribution in [0.3, 0.4) is 0 Å². The lowest BCUT2D eigenvalue weighted by atomic mass is 9.87. The van der Waals surface area contributed by atoms with Crippen LogP contribution in [0.1, 0.15) is 51.2 Å². The highest BCUT2D eigenvalue weighted by atomic mass is 16.5. The molecule has 1 fully saturated rings. The molecule has 1 unspecified atom stereocenters. The van der Waals surface area contributed by atoms with Crippen LogP contribution in [0.25, 0.3) is 0 Å². The van der Waals surface area contributed by atoms with E-state index in [9.17, 15) is 0 Å². The Kier molecular flexibility index (Phi) is 6.86. The Morgan fingerprint density at radius 3 is 2.83 bits per heavy atom. The number of nitrogens with zero attached hydrogens (tertiary/aromatic N) is 4. The Morgan fingerprint density at radius 1 is 1.43 bits per heavy atom. The maximum absolute atomic E-state index is 5.13. The van der Waals surface area contributed by atoms with Gasteiger partial charge in [-0.2, -0.15) is 4.98 Å². The fraction of sp³-hybridized carbons (Fsp3) is 0.824. The van der Waals surface area contributed by atoms with Crippen molar-refractivity contribution in [2.24, 2.45) is 16.8 Å². The molecule has 1 aromatic heterocycles. The minimum Gasteiger partial charge on any atom is -0.356 e. The highest BCUT2D eigenvalue weighted by Gasteiger charge is 2.29. The Morgan fingerprint density at radius 2 is 2.22 bits per heavy atom. The molecule has 1 saturated heterocycles. The molecule has 0 radical (unpaired) electrons. The Balaban J connectivity index is 1.73. The average Bonchev–Trinajstić information content (AvgIpc) is 3.18. The summed E-state index contributed by atoms with van der Waals surface area (Å²) in [4.78, 5) is 11.1. The summed E-state index contributed by atoms with van der Waals surface area (Å²) < 4.78 is 5.13. The number of aromatic nitrogens is 2. The van der Waals surface area contributed by atoms with Crippen LogP contribution >= 0.6 is 0 Å². The van der Waals surface area contributed by atoms with Crippen molar-refractivity contribution in [2.75, 3.05) is 26.7 Å². The summed E-state index contributed by atoms with van der Waals surface area (Å²) >= 11 is 0. The summed E-state index contributed by atoms with van der Waals surface area (Å²) in [6.07, 6.45) is 5.62. The van der Waals surface area contributed by atoms with Gasteiger partial charge in [-0.1, -0.05) is 31.8 Å². The number of aryl methyl sites for hydroxylation is 2. The standard InChI is InChI=1S/C17H31N5O/c1-5-14(6-2)15-9-11-22(12-15)17(18-4)19-10-7-8-16-20-13(3)21-23-16/h14-15H,5-12H2,1-4H3,(H,18,19). The molecular formula is C17H31N5O. The first-order valence-corrected chi connectivity index (χ1v) is 8.92. The number of guanidine groups is 1. The van der Waals surface area contributed by atoms with Gasteiger partial charge >= 0.3 is 0 Å². The van der Waals surface area contributed by atoms with E-state index in [1.807, 2.05) is 14.0 Å². The molecule has 2 heterocycles. The summed E-state index contributed by atoms with van der Waals surface area (Å²) in [6.45, 7) is 9.59. The average molecular weight is 321 g/mol. The second-order valence-corrected chi connectivity index (χ2v) is 6.38. The lowest BCUT2D eigenvalue weighted by molar-refractivity contribution is 0.319. The molecule has 1 N–H and O–H groups in total. The molecule has 0 bridgehead atoms. The van der Waals surface area contributed by atoms with E-state index in [2.05, 4.69) is 39.2 Å². The highest BCUT2D eigenvalue weighted by Crippen LogP contribution is 2.28. The second-order valence-electron chi connectivity index (χ2n) is 6.38. The molecule has 23 heavy (non-hydrogen) atoms. The molecule has 6 nitrogen and oxygen atoms in total. The molecule has 6 heteroatoms. The minimum absolute atomic E-state index is 0.702. The second kappa shape index (κ2) is 8.89. The van der Waals surface area contributed by atoms with Gasteiger partial charge in [-0.25, -0.2) is 0 Å². The van der Waals surface area contributed by atoms with Crippen molar-refractivity contribution < 1.29 is 4.52 Å². The molecule has 0 saturated carbocycles. The molecule has 1 atom stereocenters. The predicted molar refractivity (Wildman–Crippen MR) is 92.5 cm³/mol. The summed E-state index contributed by atoms with van der Waals surface area (Å²) in [5.74, 6) is 4.10. The highest BCUT2D eigenvalue weighted by molar-refractivity contribution is 5.80. The molecule has 1 aliphatic rings. The van der Waals surface area contributed by atoms with Crippen molar-refractivity contribution in [1.29, 1.82) is 0 Å². The van der Waals surface area contributed by atoms with Gasteiger partial charge in [0.2, 0.25) is 5.89 Å². The molecule has 1 aliphatic heterocycles. The maximum Gasteiger partial charge on any atom is 0.226 e. The van der Waals surface area contributed by atoms with Gasteiger partial charge in [-0.15, -0.1) is 0 Å². The van der Waals surface area contributed by atoms with E-state index in [-0.39, 0.29) is 0 Å². The number of nitrogens with one attached hydrogen (secondary N) is 1. The van der Waals surface area contributed by atoms with E-state index in [1.165, 1.54) is 19.3 Å². The van der Waals surface area contributed by atoms with E-state index in [1.54, 1.807) is 0 Å². The predicted octanol–water partition coefficient (Wildman–Crippen LogP) is 2.64. The van der Waals surface area contributed by atoms with Crippen molar-refractivity contribution in [3.8, 4) is 0 Å². The van der Waals surface area contributed by atoms with Crippen LogP contribution in [0.4, 0.5) is 0 Å². The van der Waals surface area contributed by atoms with Gasteiger partial charge in [0, 0.05) is 33.1 Å². The van der Waals surface area contributed by atoms with Gasteiger partial charge in [0.15, 0.2) is 11.8 Å². The summed E-state index contributed by atoms with van der Waals surface area (Å²) in [5, 5.41) is 7.28. The van der Waals surface area contributed by atoms with Crippen molar-refractivity contribution in [3.63, 3.8) is 0 Å². The summed E-state index contributed by atoms with van der Waals surface area (Å²) in [7, 11) is 1.87. The van der Waals surface area contributed by atoms with Crippen LogP contribution in [0.2, 0.25) is 0 Å². The zero-order valence-corrected chi connectivity index (χ0v) is 15.0. The number of aliphatic imine (C=N–C) groups is 1. The van der Waals surface area contributed by atoms with Crippen LogP contribution in [0.5, 0.6) is 0 Å². The van der Waals surface area contributed by atoms with Gasteiger partial charge in [0.05, 0.1) is 0 Å². The third-order valence-corrected chi connectivity index (χ3v) is 4.87. The van der Waals surface area contributed by atoms with Crippen LogP contribution in [-0.2, 0) is 6.42 Å². The molecule has 1 aromatic rings. The van der Waals surface area contributed by atoms with Crippen LogP contribution in [0.15, 0.2) is 9.52 Å². The fourth-order valence-electron chi connectivity index (χ4n) is 3.53. The third kappa shape index (κ3) is 4.94.